The Bertz CT molecular complexity index is 350. The van der Waals surface area contributed by atoms with Gasteiger partial charge in [-0.3, -0.25) is 0 Å². The van der Waals surface area contributed by atoms with Gasteiger partial charge in [0.15, 0.2) is 0 Å². The highest BCUT2D eigenvalue weighted by Gasteiger charge is 2.39. The quantitative estimate of drug-likeness (QED) is 0.687. The van der Waals surface area contributed by atoms with Crippen LogP contribution < -0.4 is 9.80 Å². The summed E-state index contributed by atoms with van der Waals surface area (Å²) in [5.41, 5.74) is 0. The van der Waals surface area contributed by atoms with Gasteiger partial charge in [-0.2, -0.15) is 0 Å². The molecule has 3 fully saturated rings. The summed E-state index contributed by atoms with van der Waals surface area (Å²) in [4.78, 5) is 3.89. The lowest BCUT2D eigenvalue weighted by Gasteiger charge is -2.37. The molecule has 3 atom stereocenters. The number of hydrogen-bond donors (Lipinski definition) is 2. The van der Waals surface area contributed by atoms with Crippen molar-refractivity contribution in [2.24, 2.45) is 17.8 Å². The smallest absolute Gasteiger partial charge is 0.127 e. The highest BCUT2D eigenvalue weighted by atomic mass is 15.3. The van der Waals surface area contributed by atoms with Crippen LogP contribution >= 0.6 is 0 Å². The molecule has 0 aromatic carbocycles. The van der Waals surface area contributed by atoms with Crippen LogP contribution in [0.5, 0.6) is 0 Å². The van der Waals surface area contributed by atoms with Crippen LogP contribution in [0.15, 0.2) is 12.2 Å². The third-order valence-electron chi connectivity index (χ3n) is 6.75. The second-order valence-corrected chi connectivity index (χ2v) is 7.99. The molecule has 0 aromatic rings. The number of nitrogens with one attached hydrogen (secondary N) is 2. The highest BCUT2D eigenvalue weighted by Crippen LogP contribution is 2.42. The molecule has 3 unspecified atom stereocenters. The molecule has 4 aliphatic rings. The Morgan fingerprint density at radius 3 is 2.30 bits per heavy atom. The van der Waals surface area contributed by atoms with E-state index >= 15 is 0 Å². The fraction of sp³-hybridized carbons (Fsp3) is 0.889. The zero-order valence-corrected chi connectivity index (χ0v) is 12.9. The largest absolute Gasteiger partial charge is 0.325 e. The van der Waals surface area contributed by atoms with Gasteiger partial charge in [-0.15, -0.1) is 0 Å². The summed E-state index contributed by atoms with van der Waals surface area (Å²) in [6.07, 6.45) is 15.5. The Labute approximate surface area is 124 Å². The Morgan fingerprint density at radius 1 is 0.850 bits per heavy atom. The molecule has 2 bridgehead atoms. The second-order valence-electron chi connectivity index (χ2n) is 7.99. The van der Waals surface area contributed by atoms with E-state index in [1.807, 2.05) is 9.80 Å². The van der Waals surface area contributed by atoms with Crippen LogP contribution in [0.3, 0.4) is 0 Å². The predicted octanol–water partition coefficient (Wildman–Crippen LogP) is 0.315. The summed E-state index contributed by atoms with van der Waals surface area (Å²) in [5.74, 6) is 2.94. The van der Waals surface area contributed by atoms with Gasteiger partial charge in [0.05, 0.1) is 12.6 Å². The van der Waals surface area contributed by atoms with Gasteiger partial charge >= 0.3 is 0 Å². The van der Waals surface area contributed by atoms with Gasteiger partial charge in [-0.05, 0) is 50.4 Å². The average Bonchev–Trinajstić information content (AvgIpc) is 3.12. The summed E-state index contributed by atoms with van der Waals surface area (Å²) >= 11 is 0. The molecule has 2 nitrogen and oxygen atoms in total. The van der Waals surface area contributed by atoms with Crippen molar-refractivity contribution in [3.8, 4) is 0 Å². The van der Waals surface area contributed by atoms with E-state index in [2.05, 4.69) is 12.2 Å². The molecular formula is C18H32N2+2. The SMILES string of the molecule is C1=CC2CC1CC2C[NH+]1CC[NH+](C2CCCCC2)CC1. The minimum absolute atomic E-state index is 0.955. The molecule has 1 heterocycles. The highest BCUT2D eigenvalue weighted by molar-refractivity contribution is 5.09. The van der Waals surface area contributed by atoms with Crippen molar-refractivity contribution in [2.45, 2.75) is 51.0 Å². The molecule has 2 heteroatoms. The molecule has 1 saturated heterocycles. The first-order valence-electron chi connectivity index (χ1n) is 9.25. The van der Waals surface area contributed by atoms with E-state index in [9.17, 15) is 0 Å². The topological polar surface area (TPSA) is 8.88 Å². The monoisotopic (exact) mass is 276 g/mol. The van der Waals surface area contributed by atoms with Crippen molar-refractivity contribution in [1.82, 2.24) is 0 Å². The van der Waals surface area contributed by atoms with Crippen LogP contribution in [-0.4, -0.2) is 38.8 Å². The lowest BCUT2D eigenvalue weighted by atomic mass is 9.92. The predicted molar refractivity (Wildman–Crippen MR) is 82.0 cm³/mol. The van der Waals surface area contributed by atoms with E-state index in [0.29, 0.717) is 0 Å². The number of rotatable bonds is 3. The lowest BCUT2D eigenvalue weighted by Crippen LogP contribution is -3.29. The number of piperazine rings is 1. The molecule has 0 radical (unpaired) electrons. The first kappa shape index (κ1) is 13.3. The summed E-state index contributed by atoms with van der Waals surface area (Å²) < 4.78 is 0. The van der Waals surface area contributed by atoms with E-state index in [4.69, 9.17) is 0 Å². The molecule has 0 spiro atoms. The van der Waals surface area contributed by atoms with Crippen molar-refractivity contribution in [1.29, 1.82) is 0 Å². The Balaban J connectivity index is 1.24. The first-order chi connectivity index (χ1) is 9.88. The van der Waals surface area contributed by atoms with Crippen LogP contribution in [-0.2, 0) is 0 Å². The minimum Gasteiger partial charge on any atom is -0.325 e. The van der Waals surface area contributed by atoms with Gasteiger partial charge in [0.25, 0.3) is 0 Å². The fourth-order valence-corrected chi connectivity index (χ4v) is 5.55. The van der Waals surface area contributed by atoms with E-state index in [1.54, 1.807) is 0 Å². The van der Waals surface area contributed by atoms with E-state index < -0.39 is 0 Å². The van der Waals surface area contributed by atoms with Crippen LogP contribution in [0.2, 0.25) is 0 Å². The van der Waals surface area contributed by atoms with E-state index in [-0.39, 0.29) is 0 Å². The molecule has 2 N–H and O–H groups in total. The van der Waals surface area contributed by atoms with Crippen LogP contribution in [0.4, 0.5) is 0 Å². The Morgan fingerprint density at radius 2 is 1.65 bits per heavy atom. The van der Waals surface area contributed by atoms with Gasteiger partial charge in [-0.25, -0.2) is 0 Å². The average molecular weight is 276 g/mol. The molecule has 3 aliphatic carbocycles. The number of hydrogen-bond acceptors (Lipinski definition) is 0. The normalized spacial score (nSPS) is 45.1. The van der Waals surface area contributed by atoms with Gasteiger partial charge in [0.1, 0.15) is 26.2 Å². The number of fused-ring (bicyclic) bond motifs is 2. The summed E-state index contributed by atoms with van der Waals surface area (Å²) in [6, 6.07) is 1.02. The van der Waals surface area contributed by atoms with Gasteiger partial charge < -0.3 is 9.80 Å². The van der Waals surface area contributed by atoms with Crippen molar-refractivity contribution < 1.29 is 9.80 Å². The third kappa shape index (κ3) is 2.69. The maximum Gasteiger partial charge on any atom is 0.127 e. The van der Waals surface area contributed by atoms with Crippen LogP contribution in [0, 0.1) is 17.8 Å². The lowest BCUT2D eigenvalue weighted by molar-refractivity contribution is -1.03. The zero-order valence-electron chi connectivity index (χ0n) is 12.9. The van der Waals surface area contributed by atoms with Gasteiger partial charge in [-0.1, -0.05) is 18.6 Å². The van der Waals surface area contributed by atoms with Gasteiger partial charge in [0.2, 0.25) is 0 Å². The van der Waals surface area contributed by atoms with Crippen LogP contribution in [0.25, 0.3) is 0 Å². The Hall–Kier alpha value is -0.340. The minimum atomic E-state index is 0.955. The number of quaternary nitrogens is 2. The van der Waals surface area contributed by atoms with Crippen molar-refractivity contribution in [3.63, 3.8) is 0 Å². The van der Waals surface area contributed by atoms with Crippen molar-refractivity contribution >= 4 is 0 Å². The third-order valence-corrected chi connectivity index (χ3v) is 6.75. The summed E-state index contributed by atoms with van der Waals surface area (Å²) in [5, 5.41) is 0. The zero-order chi connectivity index (χ0) is 13.4. The molecule has 112 valence electrons. The molecular weight excluding hydrogens is 244 g/mol. The van der Waals surface area contributed by atoms with Crippen LogP contribution in [0.1, 0.15) is 44.9 Å². The molecule has 20 heavy (non-hydrogen) atoms. The van der Waals surface area contributed by atoms with Crippen molar-refractivity contribution in [3.05, 3.63) is 12.2 Å². The maximum atomic E-state index is 2.53. The molecule has 2 saturated carbocycles. The summed E-state index contributed by atoms with van der Waals surface area (Å²) in [7, 11) is 0. The fourth-order valence-electron chi connectivity index (χ4n) is 5.55. The molecule has 1 aliphatic heterocycles. The van der Waals surface area contributed by atoms with E-state index in [0.717, 1.165) is 23.8 Å². The molecule has 0 aromatic heterocycles. The second kappa shape index (κ2) is 5.81. The number of allylic oxidation sites excluding steroid dienone is 2. The van der Waals surface area contributed by atoms with Gasteiger partial charge in [0, 0.05) is 5.92 Å². The molecule has 0 amide bonds. The maximum absolute atomic E-state index is 2.53. The van der Waals surface area contributed by atoms with E-state index in [1.165, 1.54) is 77.7 Å². The van der Waals surface area contributed by atoms with Crippen molar-refractivity contribution in [2.75, 3.05) is 32.7 Å². The Kier molecular flexibility index (Phi) is 3.87. The summed E-state index contributed by atoms with van der Waals surface area (Å²) in [6.45, 7) is 7.28. The standard InChI is InChI=1S/C18H30N2/c1-2-4-18(5-3-1)20-10-8-19(9-11-20)14-17-13-15-6-7-16(17)12-15/h6-7,15-18H,1-5,8-14H2/p+2. The first-order valence-corrected chi connectivity index (χ1v) is 9.25. The molecule has 4 rings (SSSR count).